The fraction of sp³-hybridized carbons (Fsp3) is 0.409. The highest BCUT2D eigenvalue weighted by atomic mass is 19.4. The number of likely N-dealkylation sites (tertiary alicyclic amines) is 1. The highest BCUT2D eigenvalue weighted by Gasteiger charge is 2.36. The zero-order chi connectivity index (χ0) is 25.0. The molecule has 8 nitrogen and oxygen atoms in total. The first-order chi connectivity index (χ1) is 16.0. The van der Waals surface area contributed by atoms with Crippen molar-refractivity contribution in [1.82, 2.24) is 9.80 Å². The van der Waals surface area contributed by atoms with Crippen LogP contribution in [0, 0.1) is 10.1 Å². The van der Waals surface area contributed by atoms with Gasteiger partial charge in [-0.1, -0.05) is 6.07 Å². The number of nitro benzene ring substituents is 1. The van der Waals surface area contributed by atoms with Crippen molar-refractivity contribution in [1.29, 1.82) is 0 Å². The van der Waals surface area contributed by atoms with Gasteiger partial charge in [-0.3, -0.25) is 19.8 Å². The summed E-state index contributed by atoms with van der Waals surface area (Å²) < 4.78 is 58.4. The van der Waals surface area contributed by atoms with Crippen LogP contribution in [0.3, 0.4) is 0 Å². The summed E-state index contributed by atoms with van der Waals surface area (Å²) in [5.74, 6) is -1.05. The van der Waals surface area contributed by atoms with E-state index in [4.69, 9.17) is 4.74 Å². The van der Waals surface area contributed by atoms with Gasteiger partial charge in [-0.15, -0.1) is 0 Å². The zero-order valence-corrected chi connectivity index (χ0v) is 18.6. The number of ether oxygens (including phenoxy) is 1. The molecule has 1 aliphatic rings. The fourth-order valence-electron chi connectivity index (χ4n) is 3.57. The summed E-state index contributed by atoms with van der Waals surface area (Å²) in [5.41, 5.74) is -1.59. The molecule has 0 aromatic heterocycles. The Balaban J connectivity index is 1.78. The predicted molar refractivity (Wildman–Crippen MR) is 117 cm³/mol. The number of hydrogen-bond acceptors (Lipinski definition) is 6. The molecule has 1 saturated heterocycles. The van der Waals surface area contributed by atoms with Gasteiger partial charge >= 0.3 is 11.9 Å². The average Bonchev–Trinajstić information content (AvgIpc) is 2.73. The molecular weight excluding hydrogens is 460 g/mol. The van der Waals surface area contributed by atoms with Crippen molar-refractivity contribution in [2.75, 3.05) is 45.8 Å². The van der Waals surface area contributed by atoms with E-state index in [2.05, 4.69) is 5.32 Å². The predicted octanol–water partition coefficient (Wildman–Crippen LogP) is 3.96. The van der Waals surface area contributed by atoms with Gasteiger partial charge < -0.3 is 15.0 Å². The number of anilines is 1. The van der Waals surface area contributed by atoms with E-state index in [0.29, 0.717) is 19.1 Å². The molecule has 0 atom stereocenters. The van der Waals surface area contributed by atoms with Crippen LogP contribution in [0.5, 0.6) is 5.75 Å². The Morgan fingerprint density at radius 2 is 1.94 bits per heavy atom. The van der Waals surface area contributed by atoms with Crippen molar-refractivity contribution < 1.29 is 32.0 Å². The fourth-order valence-corrected chi connectivity index (χ4v) is 3.57. The van der Waals surface area contributed by atoms with Gasteiger partial charge in [0, 0.05) is 43.0 Å². The first-order valence-corrected chi connectivity index (χ1v) is 10.4. The number of carbonyl (C=O) groups excluding carboxylic acids is 1. The first-order valence-electron chi connectivity index (χ1n) is 10.4. The molecule has 0 saturated carbocycles. The van der Waals surface area contributed by atoms with Crippen molar-refractivity contribution in [3.05, 3.63) is 63.2 Å². The second kappa shape index (κ2) is 10.3. The maximum absolute atomic E-state index is 13.7. The minimum atomic E-state index is -4.63. The first kappa shape index (κ1) is 25.4. The van der Waals surface area contributed by atoms with Crippen molar-refractivity contribution >= 4 is 17.3 Å². The van der Waals surface area contributed by atoms with E-state index in [1.807, 2.05) is 23.9 Å². The largest absolute Gasteiger partial charge is 0.484 e. The monoisotopic (exact) mass is 484 g/mol. The molecule has 1 amide bonds. The average molecular weight is 484 g/mol. The summed E-state index contributed by atoms with van der Waals surface area (Å²) >= 11 is 0. The van der Waals surface area contributed by atoms with Crippen LogP contribution in [-0.2, 0) is 12.7 Å². The van der Waals surface area contributed by atoms with E-state index in [0.717, 1.165) is 18.2 Å². The van der Waals surface area contributed by atoms with E-state index in [1.54, 1.807) is 0 Å². The normalized spacial score (nSPS) is 14.7. The third-order valence-corrected chi connectivity index (χ3v) is 5.49. The number of alkyl halides is 4. The molecule has 0 unspecified atom stereocenters. The molecule has 3 rings (SSSR count). The van der Waals surface area contributed by atoms with Gasteiger partial charge in [-0.2, -0.15) is 13.2 Å². The lowest BCUT2D eigenvalue weighted by molar-refractivity contribution is -0.385. The smallest absolute Gasteiger partial charge is 0.416 e. The highest BCUT2D eigenvalue weighted by molar-refractivity contribution is 6.04. The highest BCUT2D eigenvalue weighted by Crippen LogP contribution is 2.35. The van der Waals surface area contributed by atoms with Crippen molar-refractivity contribution in [3.8, 4) is 5.75 Å². The Morgan fingerprint density at radius 1 is 1.24 bits per heavy atom. The second-order valence-corrected chi connectivity index (χ2v) is 8.11. The number of halogens is 4. The molecule has 0 aliphatic carbocycles. The van der Waals surface area contributed by atoms with Crippen LogP contribution >= 0.6 is 0 Å². The molecule has 0 bridgehead atoms. The van der Waals surface area contributed by atoms with Crippen molar-refractivity contribution in [2.24, 2.45) is 0 Å². The summed E-state index contributed by atoms with van der Waals surface area (Å²) in [7, 11) is 3.83. The second-order valence-electron chi connectivity index (χ2n) is 8.11. The number of nitro groups is 1. The van der Waals surface area contributed by atoms with Gasteiger partial charge in [0.25, 0.3) is 5.91 Å². The lowest BCUT2D eigenvalue weighted by Gasteiger charge is -2.43. The van der Waals surface area contributed by atoms with E-state index in [-0.39, 0.29) is 29.1 Å². The molecule has 1 aliphatic heterocycles. The lowest BCUT2D eigenvalue weighted by atomic mass is 10.0. The SMILES string of the molecule is CN(C)C1CN(Cc2ccc(NC(=O)c3ccc(OCCF)c([N+](=O)[O-])c3)cc2C(F)(F)F)C1. The van der Waals surface area contributed by atoms with Crippen LogP contribution < -0.4 is 10.1 Å². The van der Waals surface area contributed by atoms with Crippen LogP contribution in [0.2, 0.25) is 0 Å². The summed E-state index contributed by atoms with van der Waals surface area (Å²) in [4.78, 5) is 26.9. The number of nitrogens with zero attached hydrogens (tertiary/aromatic N) is 3. The molecule has 0 spiro atoms. The maximum Gasteiger partial charge on any atom is 0.416 e. The summed E-state index contributed by atoms with van der Waals surface area (Å²) in [6, 6.07) is 7.10. The van der Waals surface area contributed by atoms with Gasteiger partial charge in [0.1, 0.15) is 13.3 Å². The molecule has 1 N–H and O–H groups in total. The quantitative estimate of drug-likeness (QED) is 0.329. The van der Waals surface area contributed by atoms with Gasteiger partial charge in [0.05, 0.1) is 10.5 Å². The van der Waals surface area contributed by atoms with Crippen LogP contribution in [0.15, 0.2) is 36.4 Å². The van der Waals surface area contributed by atoms with Gasteiger partial charge in [0.2, 0.25) is 0 Å². The van der Waals surface area contributed by atoms with Crippen molar-refractivity contribution in [2.45, 2.75) is 18.8 Å². The number of rotatable bonds is 9. The number of amides is 1. The number of likely N-dealkylation sites (N-methyl/N-ethyl adjacent to an activating group) is 1. The maximum atomic E-state index is 13.7. The van der Waals surface area contributed by atoms with Gasteiger partial charge in [-0.25, -0.2) is 4.39 Å². The van der Waals surface area contributed by atoms with Crippen LogP contribution in [0.4, 0.5) is 28.9 Å². The van der Waals surface area contributed by atoms with Gasteiger partial charge in [-0.05, 0) is 43.9 Å². The third-order valence-electron chi connectivity index (χ3n) is 5.49. The molecule has 34 heavy (non-hydrogen) atoms. The van der Waals surface area contributed by atoms with E-state index < -0.39 is 41.5 Å². The third kappa shape index (κ3) is 6.00. The Labute approximate surface area is 193 Å². The number of carbonyl (C=O) groups is 1. The topological polar surface area (TPSA) is 88.0 Å². The number of nitrogens with one attached hydrogen (secondary N) is 1. The van der Waals surface area contributed by atoms with Gasteiger partial charge in [0.15, 0.2) is 5.75 Å². The Bertz CT molecular complexity index is 1060. The number of hydrogen-bond donors (Lipinski definition) is 1. The molecule has 1 fully saturated rings. The van der Waals surface area contributed by atoms with Crippen molar-refractivity contribution in [3.63, 3.8) is 0 Å². The Kier molecular flexibility index (Phi) is 7.72. The van der Waals surface area contributed by atoms with E-state index in [9.17, 15) is 32.5 Å². The molecular formula is C22H24F4N4O4. The molecule has 12 heteroatoms. The standard InChI is InChI=1S/C22H24F4N4O4/c1-28(2)17-12-29(13-17)11-15-3-5-16(10-18(15)22(24,25)26)27-21(31)14-4-6-20(34-8-7-23)19(9-14)30(32)33/h3-6,9-10,17H,7-8,11-13H2,1-2H3,(H,27,31). The molecule has 2 aromatic rings. The van der Waals surface area contributed by atoms with Crippen LogP contribution in [-0.4, -0.2) is 67.1 Å². The van der Waals surface area contributed by atoms with E-state index >= 15 is 0 Å². The molecule has 0 radical (unpaired) electrons. The lowest BCUT2D eigenvalue weighted by Crippen LogP contribution is -2.56. The van der Waals surface area contributed by atoms with Crippen LogP contribution in [0.25, 0.3) is 0 Å². The Morgan fingerprint density at radius 3 is 2.53 bits per heavy atom. The minimum Gasteiger partial charge on any atom is -0.484 e. The van der Waals surface area contributed by atoms with Crippen LogP contribution in [0.1, 0.15) is 21.5 Å². The molecule has 2 aromatic carbocycles. The minimum absolute atomic E-state index is 0.0905. The molecule has 1 heterocycles. The summed E-state index contributed by atoms with van der Waals surface area (Å²) in [5, 5.41) is 13.6. The van der Waals surface area contributed by atoms with E-state index in [1.165, 1.54) is 18.2 Å². The molecule has 184 valence electrons. The summed E-state index contributed by atoms with van der Waals surface area (Å²) in [6.45, 7) is 0.191. The summed E-state index contributed by atoms with van der Waals surface area (Å²) in [6.07, 6.45) is -4.63. The zero-order valence-electron chi connectivity index (χ0n) is 18.6. The Hall–Kier alpha value is -3.25. The number of benzene rings is 2.